The monoisotopic (exact) mass is 141 g/mol. The highest BCUT2D eigenvalue weighted by atomic mass is 16.6. The van der Waals surface area contributed by atoms with Crippen molar-refractivity contribution in [3.8, 4) is 0 Å². The van der Waals surface area contributed by atoms with Crippen molar-refractivity contribution in [2.45, 2.75) is 18.9 Å². The van der Waals surface area contributed by atoms with Crippen LogP contribution < -0.4 is 0 Å². The van der Waals surface area contributed by atoms with E-state index in [-0.39, 0.29) is 24.6 Å². The van der Waals surface area contributed by atoms with Crippen LogP contribution in [-0.2, 0) is 14.3 Å². The van der Waals surface area contributed by atoms with Gasteiger partial charge in [-0.2, -0.15) is 0 Å². The van der Waals surface area contributed by atoms with Crippen LogP contribution >= 0.6 is 0 Å². The lowest BCUT2D eigenvalue weighted by Gasteiger charge is -2.07. The first-order valence-corrected chi connectivity index (χ1v) is 3.25. The molecule has 10 heavy (non-hydrogen) atoms. The molecule has 0 spiro atoms. The lowest BCUT2D eigenvalue weighted by Crippen LogP contribution is -2.29. The Labute approximate surface area is 57.7 Å². The first kappa shape index (κ1) is 5.70. The van der Waals surface area contributed by atoms with Gasteiger partial charge in [-0.25, -0.2) is 4.79 Å². The zero-order valence-corrected chi connectivity index (χ0v) is 5.37. The first-order chi connectivity index (χ1) is 4.79. The van der Waals surface area contributed by atoms with Crippen molar-refractivity contribution in [3.05, 3.63) is 0 Å². The molecular weight excluding hydrogens is 134 g/mol. The summed E-state index contributed by atoms with van der Waals surface area (Å²) in [7, 11) is 0. The number of nitrogens with zero attached hydrogens (tertiary/aromatic N) is 1. The minimum absolute atomic E-state index is 0.0378. The number of rotatable bonds is 0. The van der Waals surface area contributed by atoms with E-state index in [9.17, 15) is 9.59 Å². The third-order valence-corrected chi connectivity index (χ3v) is 1.95. The molecule has 0 N–H and O–H groups in total. The van der Waals surface area contributed by atoms with Crippen molar-refractivity contribution in [2.24, 2.45) is 0 Å². The van der Waals surface area contributed by atoms with Crippen LogP contribution in [0.4, 0.5) is 0 Å². The molecule has 4 heteroatoms. The summed E-state index contributed by atoms with van der Waals surface area (Å²) in [6.45, 7) is 0.169. The van der Waals surface area contributed by atoms with Gasteiger partial charge >= 0.3 is 5.97 Å². The summed E-state index contributed by atoms with van der Waals surface area (Å²) in [4.78, 5) is 23.2. The van der Waals surface area contributed by atoms with E-state index in [1.165, 1.54) is 4.90 Å². The van der Waals surface area contributed by atoms with E-state index in [1.807, 2.05) is 0 Å². The molecule has 2 fully saturated rings. The minimum atomic E-state index is -0.257. The molecule has 0 aliphatic carbocycles. The average Bonchev–Trinajstić information content (AvgIpc) is 2.41. The number of esters is 1. The van der Waals surface area contributed by atoms with Crippen molar-refractivity contribution < 1.29 is 14.3 Å². The van der Waals surface area contributed by atoms with Crippen molar-refractivity contribution in [3.63, 3.8) is 0 Å². The molecule has 2 aliphatic rings. The first-order valence-electron chi connectivity index (χ1n) is 3.25. The van der Waals surface area contributed by atoms with Crippen LogP contribution in [0.2, 0.25) is 0 Å². The zero-order valence-electron chi connectivity index (χ0n) is 5.37. The Morgan fingerprint density at radius 1 is 1.50 bits per heavy atom. The SMILES string of the molecule is O=C1OCN2C(=O)CCC12. The van der Waals surface area contributed by atoms with Gasteiger partial charge in [-0.1, -0.05) is 0 Å². The Hall–Kier alpha value is -1.06. The minimum Gasteiger partial charge on any atom is -0.443 e. The fourth-order valence-corrected chi connectivity index (χ4v) is 1.37. The maximum absolute atomic E-state index is 10.9. The molecule has 0 aromatic carbocycles. The highest BCUT2D eigenvalue weighted by molar-refractivity contribution is 5.90. The quantitative estimate of drug-likeness (QED) is 0.427. The highest BCUT2D eigenvalue weighted by Crippen LogP contribution is 2.23. The molecule has 0 bridgehead atoms. The number of ether oxygens (including phenoxy) is 1. The van der Waals surface area contributed by atoms with E-state index in [1.54, 1.807) is 0 Å². The molecule has 0 saturated carbocycles. The van der Waals surface area contributed by atoms with Crippen molar-refractivity contribution >= 4 is 11.9 Å². The third kappa shape index (κ3) is 0.558. The summed E-state index contributed by atoms with van der Waals surface area (Å²) in [6, 6.07) is -0.257. The zero-order chi connectivity index (χ0) is 7.14. The highest BCUT2D eigenvalue weighted by Gasteiger charge is 2.42. The number of cyclic esters (lactones) is 1. The Balaban J connectivity index is 2.24. The average molecular weight is 141 g/mol. The Morgan fingerprint density at radius 2 is 2.30 bits per heavy atom. The van der Waals surface area contributed by atoms with Crippen LogP contribution in [0, 0.1) is 0 Å². The molecule has 2 aliphatic heterocycles. The van der Waals surface area contributed by atoms with Gasteiger partial charge in [0.15, 0.2) is 6.73 Å². The molecular formula is C6H7NO3. The smallest absolute Gasteiger partial charge is 0.330 e. The fourth-order valence-electron chi connectivity index (χ4n) is 1.37. The van der Waals surface area contributed by atoms with E-state index in [0.29, 0.717) is 12.8 Å². The van der Waals surface area contributed by atoms with Gasteiger partial charge < -0.3 is 4.74 Å². The van der Waals surface area contributed by atoms with Crippen LogP contribution in [-0.4, -0.2) is 29.5 Å². The lowest BCUT2D eigenvalue weighted by atomic mass is 10.2. The van der Waals surface area contributed by atoms with E-state index in [2.05, 4.69) is 4.74 Å². The van der Waals surface area contributed by atoms with Gasteiger partial charge in [0, 0.05) is 6.42 Å². The second-order valence-electron chi connectivity index (χ2n) is 2.51. The predicted molar refractivity (Wildman–Crippen MR) is 30.8 cm³/mol. The Kier molecular flexibility index (Phi) is 0.977. The van der Waals surface area contributed by atoms with Crippen molar-refractivity contribution in [1.29, 1.82) is 0 Å². The van der Waals surface area contributed by atoms with Crippen LogP contribution in [0.15, 0.2) is 0 Å². The van der Waals surface area contributed by atoms with Crippen LogP contribution in [0.3, 0.4) is 0 Å². The molecule has 1 amide bonds. The van der Waals surface area contributed by atoms with Crippen molar-refractivity contribution in [1.82, 2.24) is 4.90 Å². The standard InChI is InChI=1S/C6H7NO3/c8-5-2-1-4-6(9)10-3-7(4)5/h4H,1-3H2. The molecule has 2 heterocycles. The number of fused-ring (bicyclic) bond motifs is 1. The largest absolute Gasteiger partial charge is 0.443 e. The second kappa shape index (κ2) is 1.71. The van der Waals surface area contributed by atoms with Crippen LogP contribution in [0.1, 0.15) is 12.8 Å². The number of hydrogen-bond donors (Lipinski definition) is 0. The van der Waals surface area contributed by atoms with Gasteiger partial charge in [-0.15, -0.1) is 0 Å². The van der Waals surface area contributed by atoms with Gasteiger partial charge in [-0.3, -0.25) is 9.69 Å². The summed E-state index contributed by atoms with van der Waals surface area (Å²) in [5.74, 6) is -0.207. The summed E-state index contributed by atoms with van der Waals surface area (Å²) < 4.78 is 4.66. The van der Waals surface area contributed by atoms with Crippen LogP contribution in [0.5, 0.6) is 0 Å². The normalized spacial score (nSPS) is 30.8. The van der Waals surface area contributed by atoms with E-state index in [4.69, 9.17) is 0 Å². The second-order valence-corrected chi connectivity index (χ2v) is 2.51. The molecule has 1 atom stereocenters. The molecule has 1 unspecified atom stereocenters. The number of carbonyl (C=O) groups excluding carboxylic acids is 2. The molecule has 0 aromatic heterocycles. The van der Waals surface area contributed by atoms with E-state index >= 15 is 0 Å². The van der Waals surface area contributed by atoms with E-state index < -0.39 is 0 Å². The van der Waals surface area contributed by atoms with Gasteiger partial charge in [0.05, 0.1) is 0 Å². The molecule has 4 nitrogen and oxygen atoms in total. The maximum Gasteiger partial charge on any atom is 0.330 e. The van der Waals surface area contributed by atoms with Gasteiger partial charge in [-0.05, 0) is 6.42 Å². The Morgan fingerprint density at radius 3 is 3.00 bits per heavy atom. The number of amides is 1. The van der Waals surface area contributed by atoms with Gasteiger partial charge in [0.25, 0.3) is 0 Å². The van der Waals surface area contributed by atoms with Crippen molar-refractivity contribution in [2.75, 3.05) is 6.73 Å². The number of carbonyl (C=O) groups is 2. The summed E-state index contributed by atoms with van der Waals surface area (Å²) in [6.07, 6.45) is 1.14. The summed E-state index contributed by atoms with van der Waals surface area (Å²) in [5.41, 5.74) is 0. The number of hydrogen-bond acceptors (Lipinski definition) is 3. The molecule has 54 valence electrons. The molecule has 0 aromatic rings. The Bertz CT molecular complexity index is 179. The van der Waals surface area contributed by atoms with E-state index in [0.717, 1.165) is 0 Å². The van der Waals surface area contributed by atoms with Crippen LogP contribution in [0.25, 0.3) is 0 Å². The molecule has 0 radical (unpaired) electrons. The topological polar surface area (TPSA) is 46.6 Å². The predicted octanol–water partition coefficient (Wildman–Crippen LogP) is -0.508. The molecule has 2 saturated heterocycles. The summed E-state index contributed by atoms with van der Waals surface area (Å²) in [5, 5.41) is 0. The lowest BCUT2D eigenvalue weighted by molar-refractivity contribution is -0.139. The fraction of sp³-hybridized carbons (Fsp3) is 0.667. The molecule has 2 rings (SSSR count). The summed E-state index contributed by atoms with van der Waals surface area (Å²) >= 11 is 0. The van der Waals surface area contributed by atoms with Gasteiger partial charge in [0.2, 0.25) is 5.91 Å². The third-order valence-electron chi connectivity index (χ3n) is 1.95. The maximum atomic E-state index is 10.9. The van der Waals surface area contributed by atoms with Gasteiger partial charge in [0.1, 0.15) is 6.04 Å².